The molecular formula is C20H26N2O2S. The van der Waals surface area contributed by atoms with Gasteiger partial charge in [0.25, 0.3) is 0 Å². The quantitative estimate of drug-likeness (QED) is 0.477. The highest BCUT2D eigenvalue weighted by Gasteiger charge is 2.17. The maximum absolute atomic E-state index is 10.2. The van der Waals surface area contributed by atoms with E-state index < -0.39 is 12.2 Å². The molecule has 0 radical (unpaired) electrons. The molecule has 0 unspecified atom stereocenters. The number of pyridine rings is 2. The van der Waals surface area contributed by atoms with Gasteiger partial charge in [-0.25, -0.2) is 0 Å². The van der Waals surface area contributed by atoms with Crippen LogP contribution in [0, 0.1) is 0 Å². The van der Waals surface area contributed by atoms with E-state index in [-0.39, 0.29) is 0 Å². The summed E-state index contributed by atoms with van der Waals surface area (Å²) in [4.78, 5) is 7.99. The van der Waals surface area contributed by atoms with Crippen LogP contribution < -0.4 is 0 Å². The molecule has 0 saturated carbocycles. The summed E-state index contributed by atoms with van der Waals surface area (Å²) in [5.41, 5.74) is 3.41. The molecule has 0 aliphatic heterocycles. The molecule has 0 aliphatic carbocycles. The summed E-state index contributed by atoms with van der Waals surface area (Å²) in [7, 11) is 0. The van der Waals surface area contributed by atoms with Crippen molar-refractivity contribution >= 4 is 11.8 Å². The summed E-state index contributed by atoms with van der Waals surface area (Å²) < 4.78 is 0. The van der Waals surface area contributed by atoms with Crippen molar-refractivity contribution in [2.24, 2.45) is 0 Å². The fraction of sp³-hybridized carbons (Fsp3) is 0.400. The molecule has 4 nitrogen and oxygen atoms in total. The van der Waals surface area contributed by atoms with E-state index in [9.17, 15) is 10.2 Å². The third kappa shape index (κ3) is 7.82. The van der Waals surface area contributed by atoms with Gasteiger partial charge in [-0.1, -0.05) is 12.2 Å². The molecule has 2 aromatic rings. The van der Waals surface area contributed by atoms with Crippen LogP contribution in [0.2, 0.25) is 0 Å². The molecule has 2 atom stereocenters. The van der Waals surface area contributed by atoms with E-state index in [0.29, 0.717) is 12.2 Å². The van der Waals surface area contributed by atoms with Crippen LogP contribution in [0.1, 0.15) is 24.0 Å². The van der Waals surface area contributed by atoms with E-state index in [2.05, 4.69) is 16.5 Å². The van der Waals surface area contributed by atoms with Crippen molar-refractivity contribution in [1.82, 2.24) is 9.97 Å². The Balaban J connectivity index is 1.60. The molecule has 0 amide bonds. The lowest BCUT2D eigenvalue weighted by molar-refractivity contribution is 0.0345. The van der Waals surface area contributed by atoms with Gasteiger partial charge in [-0.05, 0) is 66.8 Å². The minimum atomic E-state index is -0.752. The summed E-state index contributed by atoms with van der Waals surface area (Å²) in [6.07, 6.45) is 8.73. The number of hydrogen-bond donors (Lipinski definition) is 2. The van der Waals surface area contributed by atoms with E-state index in [1.54, 1.807) is 36.5 Å². The molecule has 0 aliphatic rings. The Morgan fingerprint density at radius 1 is 0.920 bits per heavy atom. The maximum atomic E-state index is 10.2. The molecule has 0 spiro atoms. The fourth-order valence-electron chi connectivity index (χ4n) is 2.46. The topological polar surface area (TPSA) is 66.2 Å². The lowest BCUT2D eigenvalue weighted by Gasteiger charge is -2.18. The first-order chi connectivity index (χ1) is 12.1. The molecular weight excluding hydrogens is 332 g/mol. The standard InChI is InChI=1S/C20H26N2O2S/c1-16(2-3-17-4-9-21-10-5-17)14-19(23)20(24)15-25-13-8-18-6-11-22-12-7-18/h4-7,9-12,19-20,23-24H,1-3,8,13-15H2/t19-,20+/m1/s1. The van der Waals surface area contributed by atoms with Crippen LogP contribution in [-0.2, 0) is 12.8 Å². The first-order valence-corrected chi connectivity index (χ1v) is 9.69. The lowest BCUT2D eigenvalue weighted by Crippen LogP contribution is -2.28. The molecule has 2 rings (SSSR count). The van der Waals surface area contributed by atoms with Crippen molar-refractivity contribution in [1.29, 1.82) is 0 Å². The van der Waals surface area contributed by atoms with Crippen molar-refractivity contribution in [2.45, 2.75) is 37.9 Å². The zero-order chi connectivity index (χ0) is 17.9. The van der Waals surface area contributed by atoms with Crippen LogP contribution in [0.4, 0.5) is 0 Å². The third-order valence-electron chi connectivity index (χ3n) is 4.03. The molecule has 5 heteroatoms. The molecule has 0 aromatic carbocycles. The van der Waals surface area contributed by atoms with Gasteiger partial charge in [-0.3, -0.25) is 9.97 Å². The minimum Gasteiger partial charge on any atom is -0.390 e. The number of hydrogen-bond acceptors (Lipinski definition) is 5. The molecule has 2 heterocycles. The van der Waals surface area contributed by atoms with Crippen LogP contribution in [0.25, 0.3) is 0 Å². The average molecular weight is 359 g/mol. The summed E-state index contributed by atoms with van der Waals surface area (Å²) in [6.45, 7) is 4.03. The maximum Gasteiger partial charge on any atom is 0.0892 e. The second kappa shape index (κ2) is 11.0. The van der Waals surface area contributed by atoms with E-state index in [1.165, 1.54) is 11.1 Å². The zero-order valence-corrected chi connectivity index (χ0v) is 15.2. The number of nitrogens with zero attached hydrogens (tertiary/aromatic N) is 2. The van der Waals surface area contributed by atoms with Gasteiger partial charge in [-0.2, -0.15) is 11.8 Å². The van der Waals surface area contributed by atoms with Crippen LogP contribution in [0.15, 0.2) is 61.2 Å². The zero-order valence-electron chi connectivity index (χ0n) is 14.4. The van der Waals surface area contributed by atoms with Gasteiger partial charge in [-0.15, -0.1) is 0 Å². The highest BCUT2D eigenvalue weighted by atomic mass is 32.2. The lowest BCUT2D eigenvalue weighted by atomic mass is 10.00. The van der Waals surface area contributed by atoms with Crippen LogP contribution in [0.3, 0.4) is 0 Å². The number of aliphatic hydroxyl groups is 2. The minimum absolute atomic E-state index is 0.442. The van der Waals surface area contributed by atoms with Crippen molar-refractivity contribution in [3.8, 4) is 0 Å². The van der Waals surface area contributed by atoms with E-state index in [0.717, 1.165) is 30.6 Å². The Labute approximate surface area is 154 Å². The Morgan fingerprint density at radius 2 is 1.48 bits per heavy atom. The highest BCUT2D eigenvalue weighted by Crippen LogP contribution is 2.16. The van der Waals surface area contributed by atoms with Crippen molar-refractivity contribution in [2.75, 3.05) is 11.5 Å². The van der Waals surface area contributed by atoms with Crippen molar-refractivity contribution in [3.63, 3.8) is 0 Å². The molecule has 2 N–H and O–H groups in total. The van der Waals surface area contributed by atoms with Crippen LogP contribution in [0.5, 0.6) is 0 Å². The molecule has 25 heavy (non-hydrogen) atoms. The Kier molecular flexibility index (Phi) is 8.66. The first kappa shape index (κ1) is 19.6. The van der Waals surface area contributed by atoms with Gasteiger partial charge < -0.3 is 10.2 Å². The SMILES string of the molecule is C=C(CCc1ccncc1)C[C@@H](O)[C@@H](O)CSCCc1ccncc1. The predicted octanol–water partition coefficient (Wildman–Crippen LogP) is 3.05. The summed E-state index contributed by atoms with van der Waals surface area (Å²) in [5.74, 6) is 1.45. The number of thioether (sulfide) groups is 1. The third-order valence-corrected chi connectivity index (χ3v) is 5.10. The van der Waals surface area contributed by atoms with Gasteiger partial charge in [0.1, 0.15) is 0 Å². The fourth-order valence-corrected chi connectivity index (χ4v) is 3.47. The van der Waals surface area contributed by atoms with Gasteiger partial charge in [0, 0.05) is 30.5 Å². The summed E-state index contributed by atoms with van der Waals surface area (Å²) >= 11 is 1.65. The van der Waals surface area contributed by atoms with Crippen molar-refractivity contribution in [3.05, 3.63) is 72.3 Å². The summed E-state index contributed by atoms with van der Waals surface area (Å²) in [5, 5.41) is 20.3. The number of aliphatic hydroxyl groups excluding tert-OH is 2. The normalized spacial score (nSPS) is 13.4. The van der Waals surface area contributed by atoms with E-state index >= 15 is 0 Å². The number of rotatable bonds is 11. The second-order valence-corrected chi connectivity index (χ2v) is 7.27. The molecule has 0 fully saturated rings. The Hall–Kier alpha value is -1.69. The largest absolute Gasteiger partial charge is 0.390 e. The number of aryl methyl sites for hydroxylation is 2. The van der Waals surface area contributed by atoms with E-state index in [1.807, 2.05) is 24.3 Å². The number of aromatic nitrogens is 2. The predicted molar refractivity (Wildman–Crippen MR) is 104 cm³/mol. The van der Waals surface area contributed by atoms with E-state index in [4.69, 9.17) is 0 Å². The summed E-state index contributed by atoms with van der Waals surface area (Å²) in [6, 6.07) is 7.97. The van der Waals surface area contributed by atoms with Crippen LogP contribution in [-0.4, -0.2) is 43.9 Å². The van der Waals surface area contributed by atoms with Gasteiger partial charge >= 0.3 is 0 Å². The molecule has 2 aromatic heterocycles. The monoisotopic (exact) mass is 358 g/mol. The molecule has 0 saturated heterocycles. The first-order valence-electron chi connectivity index (χ1n) is 8.53. The average Bonchev–Trinajstić information content (AvgIpc) is 2.65. The van der Waals surface area contributed by atoms with Gasteiger partial charge in [0.2, 0.25) is 0 Å². The van der Waals surface area contributed by atoms with Gasteiger partial charge in [0.15, 0.2) is 0 Å². The molecule has 134 valence electrons. The molecule has 0 bridgehead atoms. The van der Waals surface area contributed by atoms with Crippen molar-refractivity contribution < 1.29 is 10.2 Å². The Morgan fingerprint density at radius 3 is 2.08 bits per heavy atom. The Bertz CT molecular complexity index is 622. The second-order valence-electron chi connectivity index (χ2n) is 6.12. The smallest absolute Gasteiger partial charge is 0.0892 e. The van der Waals surface area contributed by atoms with Crippen LogP contribution >= 0.6 is 11.8 Å². The highest BCUT2D eigenvalue weighted by molar-refractivity contribution is 7.99. The van der Waals surface area contributed by atoms with Gasteiger partial charge in [0.05, 0.1) is 12.2 Å².